The van der Waals surface area contributed by atoms with Gasteiger partial charge >= 0.3 is 0 Å². The van der Waals surface area contributed by atoms with Crippen molar-refractivity contribution in [3.63, 3.8) is 0 Å². The summed E-state index contributed by atoms with van der Waals surface area (Å²) in [5.41, 5.74) is 4.11. The molecule has 0 spiro atoms. The minimum absolute atomic E-state index is 0.213. The molecule has 3 aromatic rings. The van der Waals surface area contributed by atoms with Gasteiger partial charge in [-0.05, 0) is 47.8 Å². The number of nitrogens with one attached hydrogen (secondary N) is 1. The first-order valence-corrected chi connectivity index (χ1v) is 6.53. The van der Waals surface area contributed by atoms with E-state index in [1.165, 1.54) is 0 Å². The average Bonchev–Trinajstić information content (AvgIpc) is 2.98. The van der Waals surface area contributed by atoms with E-state index in [9.17, 15) is 5.11 Å². The molecule has 0 saturated carbocycles. The number of phenolic OH excluding ortho intramolecular Hbond substituents is 1. The van der Waals surface area contributed by atoms with E-state index in [4.69, 9.17) is 4.63 Å². The lowest BCUT2D eigenvalue weighted by Crippen LogP contribution is -2.08. The van der Waals surface area contributed by atoms with Crippen molar-refractivity contribution >= 4 is 11.6 Å². The number of anilines is 2. The first kappa shape index (κ1) is 11.8. The molecule has 1 aliphatic carbocycles. The second kappa shape index (κ2) is 4.55. The molecule has 0 aliphatic heterocycles. The van der Waals surface area contributed by atoms with Gasteiger partial charge in [-0.3, -0.25) is 0 Å². The Labute approximate surface area is 119 Å². The van der Waals surface area contributed by atoms with Gasteiger partial charge in [0.05, 0.1) is 0 Å². The monoisotopic (exact) mass is 281 g/mol. The van der Waals surface area contributed by atoms with Crippen molar-refractivity contribution in [3.05, 3.63) is 41.7 Å². The Morgan fingerprint density at radius 2 is 1.90 bits per heavy atom. The van der Waals surface area contributed by atoms with E-state index >= 15 is 0 Å². The first-order chi connectivity index (χ1) is 10.3. The van der Waals surface area contributed by atoms with E-state index in [2.05, 4.69) is 25.6 Å². The van der Waals surface area contributed by atoms with E-state index in [-0.39, 0.29) is 5.75 Å². The van der Waals surface area contributed by atoms with E-state index in [0.29, 0.717) is 11.6 Å². The molecule has 1 aliphatic rings. The smallest absolute Gasteiger partial charge is 0.227 e. The number of aromatic nitrogens is 4. The summed E-state index contributed by atoms with van der Waals surface area (Å²) in [6.07, 6.45) is 3.42. The number of hydrogen-bond donors (Lipinski definition) is 2. The van der Waals surface area contributed by atoms with E-state index in [0.717, 1.165) is 35.5 Å². The minimum Gasteiger partial charge on any atom is -0.508 e. The Balaban J connectivity index is 1.70. The summed E-state index contributed by atoms with van der Waals surface area (Å²) >= 11 is 0. The van der Waals surface area contributed by atoms with Crippen LogP contribution in [-0.2, 0) is 12.8 Å². The van der Waals surface area contributed by atoms with Crippen LogP contribution < -0.4 is 5.32 Å². The standard InChI is InChI=1S/C14H11N5O2/c20-10-4-2-9(3-5-10)16-14-15-7-8-1-6-11-13(12(8)17-14)19-21-18-11/h2-5,7,20H,1,6H2,(H,15,16,17). The number of hydrogen-bond acceptors (Lipinski definition) is 7. The summed E-state index contributed by atoms with van der Waals surface area (Å²) in [7, 11) is 0. The van der Waals surface area contributed by atoms with Gasteiger partial charge in [0, 0.05) is 11.9 Å². The topological polar surface area (TPSA) is 97.0 Å². The number of phenols is 1. The molecule has 2 heterocycles. The molecule has 0 radical (unpaired) electrons. The highest BCUT2D eigenvalue weighted by molar-refractivity contribution is 5.65. The summed E-state index contributed by atoms with van der Waals surface area (Å²) in [4.78, 5) is 8.80. The normalized spacial score (nSPS) is 12.6. The molecular weight excluding hydrogens is 270 g/mol. The van der Waals surface area contributed by atoms with Gasteiger partial charge in [0.25, 0.3) is 0 Å². The zero-order chi connectivity index (χ0) is 14.2. The zero-order valence-corrected chi connectivity index (χ0v) is 10.9. The van der Waals surface area contributed by atoms with Gasteiger partial charge in [0.15, 0.2) is 5.69 Å². The molecule has 4 rings (SSSR count). The van der Waals surface area contributed by atoms with Crippen LogP contribution in [-0.4, -0.2) is 25.4 Å². The summed E-state index contributed by atoms with van der Waals surface area (Å²) in [5.74, 6) is 0.681. The summed E-state index contributed by atoms with van der Waals surface area (Å²) in [6.45, 7) is 0. The number of fused-ring (bicyclic) bond motifs is 3. The maximum Gasteiger partial charge on any atom is 0.227 e. The molecule has 0 saturated heterocycles. The summed E-state index contributed by atoms with van der Waals surface area (Å²) in [6, 6.07) is 6.70. The van der Waals surface area contributed by atoms with Crippen molar-refractivity contribution in [3.8, 4) is 17.1 Å². The number of rotatable bonds is 2. The van der Waals surface area contributed by atoms with Gasteiger partial charge < -0.3 is 10.4 Å². The fourth-order valence-electron chi connectivity index (χ4n) is 2.33. The number of benzene rings is 1. The lowest BCUT2D eigenvalue weighted by Gasteiger charge is -2.13. The highest BCUT2D eigenvalue weighted by Gasteiger charge is 2.23. The van der Waals surface area contributed by atoms with E-state index in [1.54, 1.807) is 30.5 Å². The molecule has 1 aromatic carbocycles. The van der Waals surface area contributed by atoms with Crippen LogP contribution in [0.15, 0.2) is 35.1 Å². The maximum atomic E-state index is 9.28. The quantitative estimate of drug-likeness (QED) is 0.694. The molecule has 7 heteroatoms. The van der Waals surface area contributed by atoms with Gasteiger partial charge in [-0.25, -0.2) is 14.6 Å². The highest BCUT2D eigenvalue weighted by Crippen LogP contribution is 2.30. The molecule has 0 fully saturated rings. The molecule has 104 valence electrons. The zero-order valence-electron chi connectivity index (χ0n) is 10.9. The molecule has 2 aromatic heterocycles. The molecule has 0 unspecified atom stereocenters. The SMILES string of the molecule is Oc1ccc(Nc2ncc3c(n2)-c2nonc2CC3)cc1. The van der Waals surface area contributed by atoms with Gasteiger partial charge in [0.2, 0.25) is 5.95 Å². The third-order valence-corrected chi connectivity index (χ3v) is 3.40. The molecule has 7 nitrogen and oxygen atoms in total. The second-order valence-corrected chi connectivity index (χ2v) is 4.80. The number of nitrogens with zero attached hydrogens (tertiary/aromatic N) is 4. The van der Waals surface area contributed by atoms with Crippen molar-refractivity contribution in [2.45, 2.75) is 12.8 Å². The van der Waals surface area contributed by atoms with E-state index in [1.807, 2.05) is 0 Å². The second-order valence-electron chi connectivity index (χ2n) is 4.80. The summed E-state index contributed by atoms with van der Waals surface area (Å²) < 4.78 is 4.79. The van der Waals surface area contributed by atoms with Crippen molar-refractivity contribution in [1.29, 1.82) is 0 Å². The van der Waals surface area contributed by atoms with Crippen LogP contribution in [0.5, 0.6) is 5.75 Å². The lowest BCUT2D eigenvalue weighted by molar-refractivity contribution is 0.304. The minimum atomic E-state index is 0.213. The van der Waals surface area contributed by atoms with Crippen molar-refractivity contribution in [2.24, 2.45) is 0 Å². The molecule has 2 N–H and O–H groups in total. The van der Waals surface area contributed by atoms with Gasteiger partial charge in [-0.2, -0.15) is 0 Å². The fourth-order valence-corrected chi connectivity index (χ4v) is 2.33. The van der Waals surface area contributed by atoms with Crippen LogP contribution in [0, 0.1) is 0 Å². The maximum absolute atomic E-state index is 9.28. The predicted molar refractivity (Wildman–Crippen MR) is 74.1 cm³/mol. The number of aromatic hydroxyl groups is 1. The first-order valence-electron chi connectivity index (χ1n) is 6.53. The Bertz CT molecular complexity index is 797. The van der Waals surface area contributed by atoms with Crippen LogP contribution >= 0.6 is 0 Å². The van der Waals surface area contributed by atoms with E-state index < -0.39 is 0 Å². The number of aryl methyl sites for hydroxylation is 2. The Hall–Kier alpha value is -2.96. The Morgan fingerprint density at radius 1 is 1.05 bits per heavy atom. The molecule has 0 bridgehead atoms. The fraction of sp³-hybridized carbons (Fsp3) is 0.143. The van der Waals surface area contributed by atoms with Gasteiger partial charge in [-0.1, -0.05) is 5.16 Å². The van der Waals surface area contributed by atoms with Crippen LogP contribution in [0.2, 0.25) is 0 Å². The molecule has 21 heavy (non-hydrogen) atoms. The van der Waals surface area contributed by atoms with Crippen LogP contribution in [0.25, 0.3) is 11.4 Å². The lowest BCUT2D eigenvalue weighted by atomic mass is 9.98. The Morgan fingerprint density at radius 3 is 2.76 bits per heavy atom. The van der Waals surface area contributed by atoms with Gasteiger partial charge in [0.1, 0.15) is 17.1 Å². The molecule has 0 amide bonds. The van der Waals surface area contributed by atoms with Crippen molar-refractivity contribution in [2.75, 3.05) is 5.32 Å². The predicted octanol–water partition coefficient (Wildman–Crippen LogP) is 2.07. The average molecular weight is 281 g/mol. The van der Waals surface area contributed by atoms with Crippen LogP contribution in [0.4, 0.5) is 11.6 Å². The van der Waals surface area contributed by atoms with Crippen LogP contribution in [0.3, 0.4) is 0 Å². The molecular formula is C14H11N5O2. The van der Waals surface area contributed by atoms with Crippen molar-refractivity contribution in [1.82, 2.24) is 20.3 Å². The highest BCUT2D eigenvalue weighted by atomic mass is 16.6. The summed E-state index contributed by atoms with van der Waals surface area (Å²) in [5, 5.41) is 20.2. The van der Waals surface area contributed by atoms with Crippen LogP contribution in [0.1, 0.15) is 11.3 Å². The van der Waals surface area contributed by atoms with Gasteiger partial charge in [-0.15, -0.1) is 0 Å². The third kappa shape index (κ3) is 2.08. The largest absolute Gasteiger partial charge is 0.508 e. The third-order valence-electron chi connectivity index (χ3n) is 3.40. The molecule has 0 atom stereocenters. The van der Waals surface area contributed by atoms with Crippen molar-refractivity contribution < 1.29 is 9.74 Å². The Kier molecular flexibility index (Phi) is 2.56.